The Hall–Kier alpha value is -0.820. The van der Waals surface area contributed by atoms with Crippen LogP contribution < -0.4 is 0 Å². The second-order valence-corrected chi connectivity index (χ2v) is 6.75. The van der Waals surface area contributed by atoms with E-state index in [1.165, 1.54) is 19.2 Å². The van der Waals surface area contributed by atoms with Crippen LogP contribution in [0.5, 0.6) is 0 Å². The van der Waals surface area contributed by atoms with Gasteiger partial charge in [0, 0.05) is 18.6 Å². The van der Waals surface area contributed by atoms with E-state index in [0.717, 1.165) is 4.31 Å². The summed E-state index contributed by atoms with van der Waals surface area (Å²) in [5.41, 5.74) is 0.469. The average molecular weight is 326 g/mol. The Kier molecular flexibility index (Phi) is 5.20. The maximum Gasteiger partial charge on any atom is 0.304 e. The van der Waals surface area contributed by atoms with Crippen LogP contribution in [0.15, 0.2) is 17.0 Å². The summed E-state index contributed by atoms with van der Waals surface area (Å²) in [4.78, 5) is 10.4. The van der Waals surface area contributed by atoms with Gasteiger partial charge in [-0.05, 0) is 24.6 Å². The predicted molar refractivity (Wildman–Crippen MR) is 73.3 cm³/mol. The summed E-state index contributed by atoms with van der Waals surface area (Å²) in [5, 5.41) is 8.99. The molecule has 5 nitrogen and oxygen atoms in total. The number of hydrogen-bond acceptors (Lipinski definition) is 3. The van der Waals surface area contributed by atoms with Crippen molar-refractivity contribution >= 4 is 39.2 Å². The van der Waals surface area contributed by atoms with E-state index in [4.69, 9.17) is 28.3 Å². The lowest BCUT2D eigenvalue weighted by Gasteiger charge is -2.18. The molecule has 8 heteroatoms. The molecule has 0 fully saturated rings. The van der Waals surface area contributed by atoms with Crippen LogP contribution >= 0.6 is 23.2 Å². The van der Waals surface area contributed by atoms with E-state index in [1.54, 1.807) is 6.92 Å². The van der Waals surface area contributed by atoms with Gasteiger partial charge in [0.25, 0.3) is 0 Å². The standard InChI is InChI=1S/C11H13Cl2NO4S/c1-7-8(12)3-4-9(11(7)13)19(17,18)14(2)6-5-10(15)16/h3-4H,5-6H2,1-2H3,(H,15,16). The molecule has 0 spiro atoms. The van der Waals surface area contributed by atoms with Crippen LogP contribution in [0.25, 0.3) is 0 Å². The van der Waals surface area contributed by atoms with E-state index in [2.05, 4.69) is 0 Å². The van der Waals surface area contributed by atoms with Crippen molar-refractivity contribution in [2.45, 2.75) is 18.2 Å². The zero-order chi connectivity index (χ0) is 14.8. The quantitative estimate of drug-likeness (QED) is 0.901. The molecule has 1 rings (SSSR count). The maximum atomic E-state index is 12.2. The zero-order valence-corrected chi connectivity index (χ0v) is 12.7. The van der Waals surface area contributed by atoms with E-state index in [0.29, 0.717) is 10.6 Å². The summed E-state index contributed by atoms with van der Waals surface area (Å²) in [5.74, 6) is -1.07. The predicted octanol–water partition coefficient (Wildman–Crippen LogP) is 2.40. The fraction of sp³-hybridized carbons (Fsp3) is 0.364. The third kappa shape index (κ3) is 3.60. The molecule has 1 aromatic rings. The SMILES string of the molecule is Cc1c(Cl)ccc(S(=O)(=O)N(C)CCC(=O)O)c1Cl. The van der Waals surface area contributed by atoms with Crippen molar-refractivity contribution < 1.29 is 18.3 Å². The molecule has 0 amide bonds. The van der Waals surface area contributed by atoms with Gasteiger partial charge in [0.05, 0.1) is 11.4 Å². The van der Waals surface area contributed by atoms with Gasteiger partial charge in [-0.25, -0.2) is 12.7 Å². The van der Waals surface area contributed by atoms with Crippen molar-refractivity contribution in [2.75, 3.05) is 13.6 Å². The number of carbonyl (C=O) groups is 1. The van der Waals surface area contributed by atoms with Crippen molar-refractivity contribution in [3.05, 3.63) is 27.7 Å². The molecule has 1 N–H and O–H groups in total. The fourth-order valence-corrected chi connectivity index (χ4v) is 3.33. The van der Waals surface area contributed by atoms with Gasteiger partial charge in [0.1, 0.15) is 4.90 Å². The smallest absolute Gasteiger partial charge is 0.304 e. The molecule has 19 heavy (non-hydrogen) atoms. The fourth-order valence-electron chi connectivity index (χ4n) is 1.38. The number of nitrogens with zero attached hydrogens (tertiary/aromatic N) is 1. The molecule has 0 aliphatic heterocycles. The Morgan fingerprint density at radius 1 is 1.37 bits per heavy atom. The number of aliphatic carboxylic acids is 1. The molecule has 1 aromatic carbocycles. The summed E-state index contributed by atoms with van der Waals surface area (Å²) < 4.78 is 25.4. The van der Waals surface area contributed by atoms with Crippen LogP contribution in [0.1, 0.15) is 12.0 Å². The molecule has 0 aliphatic rings. The molecule has 0 atom stereocenters. The minimum Gasteiger partial charge on any atom is -0.481 e. The molecular weight excluding hydrogens is 313 g/mol. The topological polar surface area (TPSA) is 74.7 Å². The van der Waals surface area contributed by atoms with E-state index in [-0.39, 0.29) is 22.9 Å². The van der Waals surface area contributed by atoms with Gasteiger partial charge in [-0.1, -0.05) is 23.2 Å². The molecule has 0 saturated heterocycles. The Bertz CT molecular complexity index is 601. The van der Waals surface area contributed by atoms with Crippen LogP contribution in [0, 0.1) is 6.92 Å². The number of hydrogen-bond donors (Lipinski definition) is 1. The monoisotopic (exact) mass is 325 g/mol. The number of rotatable bonds is 5. The molecule has 0 aliphatic carbocycles. The van der Waals surface area contributed by atoms with Gasteiger partial charge in [0.15, 0.2) is 0 Å². The first-order valence-corrected chi connectivity index (χ1v) is 7.50. The highest BCUT2D eigenvalue weighted by atomic mass is 35.5. The first kappa shape index (κ1) is 16.2. The minimum atomic E-state index is -3.83. The van der Waals surface area contributed by atoms with Crippen LogP contribution in [-0.2, 0) is 14.8 Å². The number of sulfonamides is 1. The number of carboxylic acids is 1. The highest BCUT2D eigenvalue weighted by molar-refractivity contribution is 7.89. The summed E-state index contributed by atoms with van der Waals surface area (Å²) in [7, 11) is -2.52. The van der Waals surface area contributed by atoms with Crippen molar-refractivity contribution in [2.24, 2.45) is 0 Å². The van der Waals surface area contributed by atoms with Gasteiger partial charge < -0.3 is 5.11 Å². The highest BCUT2D eigenvalue weighted by Gasteiger charge is 2.25. The Balaban J connectivity index is 3.14. The molecule has 106 valence electrons. The molecule has 0 heterocycles. The summed E-state index contributed by atoms with van der Waals surface area (Å²) in [6.45, 7) is 1.48. The first-order valence-electron chi connectivity index (χ1n) is 5.30. The van der Waals surface area contributed by atoms with Crippen LogP contribution in [0.3, 0.4) is 0 Å². The molecular formula is C11H13Cl2NO4S. The lowest BCUT2D eigenvalue weighted by Crippen LogP contribution is -2.29. The van der Waals surface area contributed by atoms with Crippen molar-refractivity contribution in [1.82, 2.24) is 4.31 Å². The lowest BCUT2D eigenvalue weighted by molar-refractivity contribution is -0.137. The molecule has 0 radical (unpaired) electrons. The second-order valence-electron chi connectivity index (χ2n) is 3.95. The Morgan fingerprint density at radius 3 is 2.47 bits per heavy atom. The van der Waals surface area contributed by atoms with Crippen molar-refractivity contribution in [1.29, 1.82) is 0 Å². The first-order chi connectivity index (χ1) is 8.67. The Morgan fingerprint density at radius 2 is 1.95 bits per heavy atom. The molecule has 0 unspecified atom stereocenters. The number of carboxylic acid groups (broad SMARTS) is 1. The lowest BCUT2D eigenvalue weighted by atomic mass is 10.2. The molecule has 0 aromatic heterocycles. The van der Waals surface area contributed by atoms with Crippen LogP contribution in [0.2, 0.25) is 10.0 Å². The molecule has 0 bridgehead atoms. The normalized spacial score (nSPS) is 11.8. The van der Waals surface area contributed by atoms with E-state index in [9.17, 15) is 13.2 Å². The Labute approximate surface area is 121 Å². The highest BCUT2D eigenvalue weighted by Crippen LogP contribution is 2.31. The third-order valence-corrected chi connectivity index (χ3v) is 5.52. The maximum absolute atomic E-state index is 12.2. The van der Waals surface area contributed by atoms with Crippen LogP contribution in [-0.4, -0.2) is 37.4 Å². The number of benzene rings is 1. The van der Waals surface area contributed by atoms with Gasteiger partial charge in [-0.15, -0.1) is 0 Å². The van der Waals surface area contributed by atoms with Crippen molar-refractivity contribution in [3.8, 4) is 0 Å². The average Bonchev–Trinajstić information content (AvgIpc) is 2.32. The zero-order valence-electron chi connectivity index (χ0n) is 10.4. The van der Waals surface area contributed by atoms with Gasteiger partial charge in [-0.3, -0.25) is 4.79 Å². The summed E-state index contributed by atoms with van der Waals surface area (Å²) >= 11 is 11.8. The van der Waals surface area contributed by atoms with Gasteiger partial charge in [-0.2, -0.15) is 0 Å². The van der Waals surface area contributed by atoms with E-state index < -0.39 is 16.0 Å². The summed E-state index contributed by atoms with van der Waals surface area (Å²) in [6, 6.07) is 2.75. The van der Waals surface area contributed by atoms with Gasteiger partial charge in [0.2, 0.25) is 10.0 Å². The molecule has 0 saturated carbocycles. The van der Waals surface area contributed by atoms with Crippen molar-refractivity contribution in [3.63, 3.8) is 0 Å². The van der Waals surface area contributed by atoms with E-state index >= 15 is 0 Å². The minimum absolute atomic E-state index is 0.0506. The van der Waals surface area contributed by atoms with E-state index in [1.807, 2.05) is 0 Å². The second kappa shape index (κ2) is 6.09. The van der Waals surface area contributed by atoms with Crippen LogP contribution in [0.4, 0.5) is 0 Å². The third-order valence-electron chi connectivity index (χ3n) is 2.61. The summed E-state index contributed by atoms with van der Waals surface area (Å²) in [6.07, 6.45) is -0.278. The largest absolute Gasteiger partial charge is 0.481 e. The van der Waals surface area contributed by atoms with Gasteiger partial charge >= 0.3 is 5.97 Å². The number of halogens is 2.